The van der Waals surface area contributed by atoms with Crippen LogP contribution in [0.3, 0.4) is 0 Å². The molecule has 0 heterocycles. The van der Waals surface area contributed by atoms with Crippen LogP contribution >= 0.6 is 0 Å². The zero-order valence-electron chi connectivity index (χ0n) is 22.5. The lowest BCUT2D eigenvalue weighted by Crippen LogP contribution is -2.52. The van der Waals surface area contributed by atoms with Gasteiger partial charge in [-0.2, -0.15) is 13.2 Å². The molecule has 0 aliphatic heterocycles. The molecule has 0 saturated carbocycles. The van der Waals surface area contributed by atoms with Crippen LogP contribution in [0.15, 0.2) is 42.5 Å². The summed E-state index contributed by atoms with van der Waals surface area (Å²) in [6, 6.07) is 11.0. The zero-order valence-corrected chi connectivity index (χ0v) is 23.3. The fourth-order valence-electron chi connectivity index (χ4n) is 3.61. The van der Waals surface area contributed by atoms with Crippen molar-refractivity contribution in [3.63, 3.8) is 0 Å². The number of halogens is 3. The summed E-state index contributed by atoms with van der Waals surface area (Å²) in [6.07, 6.45) is -7.18. The number of nitrogens with one attached hydrogen (secondary N) is 2. The van der Waals surface area contributed by atoms with Crippen molar-refractivity contribution in [2.75, 3.05) is 11.3 Å². The second-order valence-electron chi connectivity index (χ2n) is 9.21. The van der Waals surface area contributed by atoms with Crippen LogP contribution in [0.1, 0.15) is 29.5 Å². The smallest absolute Gasteiger partial charge is 0.495 e. The summed E-state index contributed by atoms with van der Waals surface area (Å²) in [5.74, 6) is -7.27. The molecular formula is C25H28F3N5O9S. The van der Waals surface area contributed by atoms with Crippen molar-refractivity contribution in [1.29, 1.82) is 5.41 Å². The van der Waals surface area contributed by atoms with E-state index in [1.165, 1.54) is 19.1 Å². The van der Waals surface area contributed by atoms with E-state index in [0.717, 1.165) is 0 Å². The van der Waals surface area contributed by atoms with Gasteiger partial charge >= 0.3 is 18.1 Å². The summed E-state index contributed by atoms with van der Waals surface area (Å²) >= 11 is 0. The Morgan fingerprint density at radius 1 is 1.09 bits per heavy atom. The molecular weight excluding hydrogens is 603 g/mol. The number of phenolic OH excluding ortho intramolecular Hbond substituents is 1. The molecule has 0 aromatic heterocycles. The average Bonchev–Trinajstić information content (AvgIpc) is 2.92. The molecule has 2 aromatic carbocycles. The van der Waals surface area contributed by atoms with E-state index in [2.05, 4.69) is 14.5 Å². The molecule has 0 bridgehead atoms. The predicted octanol–water partition coefficient (Wildman–Crippen LogP) is 1.15. The number of aldehydes is 1. The fourth-order valence-corrected chi connectivity index (χ4v) is 4.81. The van der Waals surface area contributed by atoms with Gasteiger partial charge in [-0.05, 0) is 37.0 Å². The quantitative estimate of drug-likeness (QED) is 0.0424. The minimum absolute atomic E-state index is 0.00674. The van der Waals surface area contributed by atoms with Gasteiger partial charge in [-0.25, -0.2) is 27.8 Å². The number of hydrogen-bond donors (Lipinski definition) is 5. The van der Waals surface area contributed by atoms with Crippen molar-refractivity contribution < 1.29 is 55.6 Å². The van der Waals surface area contributed by atoms with E-state index in [1.54, 1.807) is 30.3 Å². The van der Waals surface area contributed by atoms with Gasteiger partial charge in [-0.1, -0.05) is 36.4 Å². The Bertz CT molecular complexity index is 1490. The van der Waals surface area contributed by atoms with Gasteiger partial charge in [-0.3, -0.25) is 19.8 Å². The minimum Gasteiger partial charge on any atom is -0.505 e. The number of anilines is 1. The van der Waals surface area contributed by atoms with Crippen molar-refractivity contribution in [3.8, 4) is 5.75 Å². The number of benzene rings is 2. The summed E-state index contributed by atoms with van der Waals surface area (Å²) < 4.78 is 64.2. The predicted molar refractivity (Wildman–Crippen MR) is 143 cm³/mol. The highest BCUT2D eigenvalue weighted by Crippen LogP contribution is 2.32. The molecule has 0 fully saturated rings. The maximum atomic E-state index is 13.0. The summed E-state index contributed by atoms with van der Waals surface area (Å²) in [6.45, 7) is 1.10. The number of hydrogen-bond acceptors (Lipinski definition) is 11. The first-order chi connectivity index (χ1) is 19.9. The van der Waals surface area contributed by atoms with Gasteiger partial charge in [-0.15, -0.1) is 0 Å². The first-order valence-corrected chi connectivity index (χ1v) is 13.8. The third-order valence-electron chi connectivity index (χ3n) is 5.89. The van der Waals surface area contributed by atoms with E-state index in [-0.39, 0.29) is 24.0 Å². The Labute approximate surface area is 243 Å². The first-order valence-electron chi connectivity index (χ1n) is 12.2. The van der Waals surface area contributed by atoms with E-state index in [0.29, 0.717) is 16.0 Å². The molecule has 0 radical (unpaired) electrons. The Morgan fingerprint density at radius 3 is 2.26 bits per heavy atom. The minimum atomic E-state index is -5.49. The van der Waals surface area contributed by atoms with E-state index in [1.807, 2.05) is 0 Å². The number of nitrogens with zero attached hydrogens (tertiary/aromatic N) is 1. The number of sulfonamides is 1. The summed E-state index contributed by atoms with van der Waals surface area (Å²) in [5.41, 5.74) is 9.15. The molecule has 43 heavy (non-hydrogen) atoms. The Kier molecular flexibility index (Phi) is 11.2. The number of guanidine groups is 1. The fraction of sp³-hybridized carbons (Fsp3) is 0.320. The number of aryl methyl sites for hydroxylation is 1. The van der Waals surface area contributed by atoms with E-state index >= 15 is 0 Å². The van der Waals surface area contributed by atoms with Gasteiger partial charge in [0.05, 0.1) is 17.9 Å². The molecule has 2 aromatic rings. The van der Waals surface area contributed by atoms with Gasteiger partial charge in [0, 0.05) is 12.1 Å². The Morgan fingerprint density at radius 2 is 1.70 bits per heavy atom. The lowest BCUT2D eigenvalue weighted by molar-refractivity contribution is -0.288. The van der Waals surface area contributed by atoms with Crippen LogP contribution in [-0.2, 0) is 51.2 Å². The molecule has 1 amide bonds. The lowest BCUT2D eigenvalue weighted by Gasteiger charge is -2.24. The second kappa shape index (κ2) is 14.0. The molecule has 14 nitrogen and oxygen atoms in total. The highest BCUT2D eigenvalue weighted by atomic mass is 32.2. The normalized spacial score (nSPS) is 12.9. The van der Waals surface area contributed by atoms with Crippen LogP contribution in [0.5, 0.6) is 5.75 Å². The van der Waals surface area contributed by atoms with Crippen LogP contribution < -0.4 is 16.2 Å². The molecule has 234 valence electrons. The topological polar surface area (TPSA) is 232 Å². The van der Waals surface area contributed by atoms with Crippen LogP contribution in [-0.4, -0.2) is 66.8 Å². The van der Waals surface area contributed by atoms with Crippen LogP contribution in [0.4, 0.5) is 18.9 Å². The Hall–Kier alpha value is -4.71. The number of nitrogens with two attached hydrogens (primary N) is 2. The number of rotatable bonds is 12. The Balaban J connectivity index is 2.11. The number of alkyl halides is 3. The number of carbonyl (C=O) groups is 4. The van der Waals surface area contributed by atoms with Crippen molar-refractivity contribution in [2.24, 2.45) is 11.5 Å². The second-order valence-corrected chi connectivity index (χ2v) is 10.9. The van der Waals surface area contributed by atoms with E-state index < -0.39 is 76.4 Å². The van der Waals surface area contributed by atoms with E-state index in [9.17, 15) is 45.9 Å². The lowest BCUT2D eigenvalue weighted by atomic mass is 9.96. The average molecular weight is 632 g/mol. The molecule has 18 heteroatoms. The molecule has 7 N–H and O–H groups in total. The highest BCUT2D eigenvalue weighted by Gasteiger charge is 2.45. The van der Waals surface area contributed by atoms with Gasteiger partial charge in [0.25, 0.3) is 0 Å². The van der Waals surface area contributed by atoms with Gasteiger partial charge in [0.1, 0.15) is 5.75 Å². The standard InChI is InChI=1S/C25H28F3N5O9S/c1-15-8-9-18(32-43(39,40)13-16-6-3-2-4-7-16)20(36)17(15)12-19(35)33(23(29)30)11-5-10-24(31,14-34)21(37)41-42-22(38)25(26,27)28/h2-4,6-9,14,32,36H,5,10-13,31H2,1H3,(H3,29,30)/t24-/m1/s1. The third kappa shape index (κ3) is 9.67. The number of carbonyl (C=O) groups excluding carboxylic acids is 4. The molecule has 0 saturated heterocycles. The highest BCUT2D eigenvalue weighted by molar-refractivity contribution is 7.91. The largest absolute Gasteiger partial charge is 0.505 e. The number of phenols is 1. The van der Waals surface area contributed by atoms with Crippen molar-refractivity contribution in [3.05, 3.63) is 59.2 Å². The molecule has 0 aliphatic rings. The monoisotopic (exact) mass is 631 g/mol. The maximum Gasteiger partial charge on any atom is 0.495 e. The van der Waals surface area contributed by atoms with Gasteiger partial charge in [0.2, 0.25) is 15.9 Å². The summed E-state index contributed by atoms with van der Waals surface area (Å²) in [4.78, 5) is 54.9. The molecule has 2 rings (SSSR count). The SMILES string of the molecule is Cc1ccc(NS(=O)(=O)Cc2ccccc2)c(O)c1CC(=O)N(CCC[C@@](N)(C=O)C(=O)OOC(=O)C(F)(F)F)C(=N)N. The zero-order chi connectivity index (χ0) is 32.6. The van der Waals surface area contributed by atoms with Crippen LogP contribution in [0.25, 0.3) is 0 Å². The number of aromatic hydroxyl groups is 1. The van der Waals surface area contributed by atoms with Crippen molar-refractivity contribution >= 4 is 45.8 Å². The van der Waals surface area contributed by atoms with E-state index in [4.69, 9.17) is 16.9 Å². The summed E-state index contributed by atoms with van der Waals surface area (Å²) in [5, 5.41) is 18.5. The molecule has 0 unspecified atom stereocenters. The van der Waals surface area contributed by atoms with Crippen molar-refractivity contribution in [1.82, 2.24) is 4.90 Å². The van der Waals surface area contributed by atoms with Crippen molar-refractivity contribution in [2.45, 2.75) is 43.7 Å². The molecule has 1 atom stereocenters. The van der Waals surface area contributed by atoms with Gasteiger partial charge in [0.15, 0.2) is 17.8 Å². The third-order valence-corrected chi connectivity index (χ3v) is 7.13. The molecule has 0 aliphatic carbocycles. The summed E-state index contributed by atoms with van der Waals surface area (Å²) in [7, 11) is -3.97. The number of amides is 1. The maximum absolute atomic E-state index is 13.0. The first kappa shape index (κ1) is 34.5. The van der Waals surface area contributed by atoms with Crippen LogP contribution in [0, 0.1) is 12.3 Å². The molecule has 0 spiro atoms. The van der Waals surface area contributed by atoms with Gasteiger partial charge < -0.3 is 21.4 Å². The van der Waals surface area contributed by atoms with Crippen LogP contribution in [0.2, 0.25) is 0 Å².